The molecule has 1 aliphatic rings. The smallest absolute Gasteiger partial charge is 0.371 e. The van der Waals surface area contributed by atoms with Crippen molar-refractivity contribution >= 4 is 12.0 Å². The molecule has 2 aromatic carbocycles. The van der Waals surface area contributed by atoms with Gasteiger partial charge in [-0.2, -0.15) is 0 Å². The molecule has 0 saturated heterocycles. The van der Waals surface area contributed by atoms with E-state index in [1.54, 1.807) is 25.4 Å². The number of nitrogens with zero attached hydrogens (tertiary/aromatic N) is 2. The molecular formula is C21H20N2O4+. The summed E-state index contributed by atoms with van der Waals surface area (Å²) >= 11 is 0. The Morgan fingerprint density at radius 1 is 1.11 bits per heavy atom. The van der Waals surface area contributed by atoms with Crippen LogP contribution in [-0.2, 0) is 4.74 Å². The highest BCUT2D eigenvalue weighted by atomic mass is 16.5. The van der Waals surface area contributed by atoms with Crippen molar-refractivity contribution in [2.24, 2.45) is 4.99 Å². The molecule has 0 unspecified atom stereocenters. The van der Waals surface area contributed by atoms with Crippen molar-refractivity contribution in [1.82, 2.24) is 4.99 Å². The van der Waals surface area contributed by atoms with Crippen molar-refractivity contribution in [2.75, 3.05) is 33.5 Å². The second-order valence-corrected chi connectivity index (χ2v) is 5.69. The fraction of sp³-hybridized carbons (Fsp3) is 0.238. The molecule has 0 fully saturated rings. The number of amidine groups is 1. The molecule has 0 aromatic heterocycles. The summed E-state index contributed by atoms with van der Waals surface area (Å²) in [6, 6.07) is 11.1. The molecule has 0 amide bonds. The highest BCUT2D eigenvalue weighted by molar-refractivity contribution is 6.00. The maximum atomic E-state index is 9.03. The lowest BCUT2D eigenvalue weighted by Crippen LogP contribution is -2.36. The Bertz CT molecular complexity index is 1010. The second kappa shape index (κ2) is 8.99. The van der Waals surface area contributed by atoms with E-state index < -0.39 is 0 Å². The van der Waals surface area contributed by atoms with Crippen molar-refractivity contribution in [2.45, 2.75) is 0 Å². The van der Waals surface area contributed by atoms with Crippen molar-refractivity contribution < 1.29 is 19.3 Å². The number of benzene rings is 2. The Morgan fingerprint density at radius 3 is 2.70 bits per heavy atom. The van der Waals surface area contributed by atoms with Gasteiger partial charge in [0.2, 0.25) is 0 Å². The molecule has 137 valence electrons. The van der Waals surface area contributed by atoms with E-state index in [1.165, 1.54) is 0 Å². The van der Waals surface area contributed by atoms with Gasteiger partial charge in [-0.3, -0.25) is 0 Å². The Kier molecular flexibility index (Phi) is 6.21. The number of aliphatic imine (C=N–C) groups is 1. The SMILES string of the molecule is C#Cc1cccc(C2=NC=c3cc(OCCO)c(OCCOC)cc3=[N+]2)c1. The number of aliphatic hydroxyl groups excluding tert-OH is 1. The summed E-state index contributed by atoms with van der Waals surface area (Å²) < 4.78 is 16.3. The number of ether oxygens (including phenoxy) is 3. The van der Waals surface area contributed by atoms with Crippen molar-refractivity contribution in [3.63, 3.8) is 0 Å². The number of methoxy groups -OCH3 is 1. The van der Waals surface area contributed by atoms with Gasteiger partial charge in [0, 0.05) is 18.7 Å². The summed E-state index contributed by atoms with van der Waals surface area (Å²) in [6.07, 6.45) is 7.20. The van der Waals surface area contributed by atoms with Crippen LogP contribution in [0.25, 0.3) is 6.20 Å². The standard InChI is InChI=1S/C21H20N2O4/c1-3-15-5-4-6-16(11-15)21-22-14-17-12-19(26-8-7-24)20(13-18(17)23-21)27-10-9-25-2/h1,4-6,11-14,24H,7-10H2,2H3/q+1. The lowest BCUT2D eigenvalue weighted by molar-refractivity contribution is 0.141. The zero-order chi connectivity index (χ0) is 19.1. The molecule has 2 aromatic rings. The number of fused-ring (bicyclic) bond motifs is 1. The fourth-order valence-corrected chi connectivity index (χ4v) is 2.54. The van der Waals surface area contributed by atoms with Gasteiger partial charge < -0.3 is 19.3 Å². The van der Waals surface area contributed by atoms with E-state index in [-0.39, 0.29) is 13.2 Å². The lowest BCUT2D eigenvalue weighted by Gasteiger charge is -2.11. The third kappa shape index (κ3) is 4.53. The van der Waals surface area contributed by atoms with Crippen LogP contribution in [0.4, 0.5) is 0 Å². The Morgan fingerprint density at radius 2 is 1.93 bits per heavy atom. The summed E-state index contributed by atoms with van der Waals surface area (Å²) in [5.74, 6) is 4.25. The average Bonchev–Trinajstić information content (AvgIpc) is 2.72. The normalized spacial score (nSPS) is 12.1. The molecule has 1 heterocycles. The molecule has 0 spiro atoms. The number of hydrogen-bond acceptors (Lipinski definition) is 6. The highest BCUT2D eigenvalue weighted by Crippen LogP contribution is 2.23. The first-order valence-corrected chi connectivity index (χ1v) is 8.48. The fourth-order valence-electron chi connectivity index (χ4n) is 2.54. The van der Waals surface area contributed by atoms with Crippen LogP contribution in [0.5, 0.6) is 11.5 Å². The van der Waals surface area contributed by atoms with Crippen molar-refractivity contribution in [3.8, 4) is 23.8 Å². The van der Waals surface area contributed by atoms with E-state index in [1.807, 2.05) is 24.3 Å². The zero-order valence-corrected chi connectivity index (χ0v) is 15.0. The van der Waals surface area contributed by atoms with Gasteiger partial charge in [0.05, 0.1) is 24.0 Å². The molecule has 0 bridgehead atoms. The predicted molar refractivity (Wildman–Crippen MR) is 102 cm³/mol. The van der Waals surface area contributed by atoms with Gasteiger partial charge in [-0.15, -0.1) is 6.42 Å². The molecule has 1 aliphatic heterocycles. The Labute approximate surface area is 157 Å². The third-order valence-electron chi connectivity index (χ3n) is 3.83. The van der Waals surface area contributed by atoms with Gasteiger partial charge >= 0.3 is 5.84 Å². The van der Waals surface area contributed by atoms with Crippen LogP contribution in [0.1, 0.15) is 11.1 Å². The van der Waals surface area contributed by atoms with Crippen molar-refractivity contribution in [3.05, 3.63) is 58.1 Å². The maximum absolute atomic E-state index is 9.03. The summed E-state index contributed by atoms with van der Waals surface area (Å²) in [6.45, 7) is 0.908. The van der Waals surface area contributed by atoms with Gasteiger partial charge in [-0.1, -0.05) is 12.0 Å². The molecule has 1 N–H and O–H groups in total. The number of rotatable bonds is 8. The number of hydrogen-bond donors (Lipinski definition) is 1. The molecule has 1 radical (unpaired) electrons. The predicted octanol–water partition coefficient (Wildman–Crippen LogP) is 0.218. The van der Waals surface area contributed by atoms with Crippen LogP contribution in [0.15, 0.2) is 41.4 Å². The molecule has 6 nitrogen and oxygen atoms in total. The summed E-state index contributed by atoms with van der Waals surface area (Å²) in [5.41, 5.74) is 1.61. The monoisotopic (exact) mass is 364 g/mol. The van der Waals surface area contributed by atoms with Gasteiger partial charge in [-0.25, -0.2) is 0 Å². The molecule has 3 rings (SSSR count). The van der Waals surface area contributed by atoms with E-state index >= 15 is 0 Å². The first-order valence-electron chi connectivity index (χ1n) is 8.48. The average molecular weight is 364 g/mol. The van der Waals surface area contributed by atoms with E-state index in [4.69, 9.17) is 25.7 Å². The molecule has 0 atom stereocenters. The van der Waals surface area contributed by atoms with E-state index in [0.29, 0.717) is 30.5 Å². The van der Waals surface area contributed by atoms with Gasteiger partial charge in [-0.05, 0) is 34.3 Å². The molecular weight excluding hydrogens is 344 g/mol. The lowest BCUT2D eigenvalue weighted by atomic mass is 10.1. The molecule has 27 heavy (non-hydrogen) atoms. The van der Waals surface area contributed by atoms with E-state index in [9.17, 15) is 0 Å². The van der Waals surface area contributed by atoms with Crippen LogP contribution in [-0.4, -0.2) is 44.5 Å². The van der Waals surface area contributed by atoms with Crippen molar-refractivity contribution in [1.29, 1.82) is 0 Å². The van der Waals surface area contributed by atoms with E-state index in [0.717, 1.165) is 21.7 Å². The summed E-state index contributed by atoms with van der Waals surface area (Å²) in [7, 11) is 1.61. The first-order chi connectivity index (χ1) is 13.2. The zero-order valence-electron chi connectivity index (χ0n) is 15.0. The first kappa shape index (κ1) is 18.6. The minimum absolute atomic E-state index is 0.0868. The van der Waals surface area contributed by atoms with Crippen LogP contribution >= 0.6 is 0 Å². The topological polar surface area (TPSA) is 74.4 Å². The minimum Gasteiger partial charge on any atom is -0.487 e. The largest absolute Gasteiger partial charge is 0.487 e. The summed E-state index contributed by atoms with van der Waals surface area (Å²) in [4.78, 5) is 9.07. The number of terminal acetylenes is 1. The van der Waals surface area contributed by atoms with Gasteiger partial charge in [0.25, 0.3) is 0 Å². The molecule has 0 saturated carbocycles. The van der Waals surface area contributed by atoms with E-state index in [2.05, 4.69) is 15.9 Å². The molecule has 6 heteroatoms. The highest BCUT2D eigenvalue weighted by Gasteiger charge is 2.18. The maximum Gasteiger partial charge on any atom is 0.371 e. The summed E-state index contributed by atoms with van der Waals surface area (Å²) in [5, 5.41) is 10.5. The Balaban J connectivity index is 1.98. The van der Waals surface area contributed by atoms with Crippen LogP contribution in [0.2, 0.25) is 0 Å². The molecule has 0 aliphatic carbocycles. The Hall–Kier alpha value is -3.14. The van der Waals surface area contributed by atoms with Gasteiger partial charge in [0.1, 0.15) is 13.2 Å². The van der Waals surface area contributed by atoms with Crippen LogP contribution in [0, 0.1) is 12.3 Å². The van der Waals surface area contributed by atoms with Gasteiger partial charge in [0.15, 0.2) is 23.1 Å². The number of aliphatic hydroxyl groups is 1. The minimum atomic E-state index is -0.0868. The second-order valence-electron chi connectivity index (χ2n) is 5.69. The third-order valence-corrected chi connectivity index (χ3v) is 3.83. The van der Waals surface area contributed by atoms with Crippen LogP contribution < -0.4 is 25.0 Å². The van der Waals surface area contributed by atoms with Crippen LogP contribution in [0.3, 0.4) is 0 Å². The quantitative estimate of drug-likeness (QED) is 0.537.